The maximum absolute atomic E-state index is 12.3. The number of nitrogens with zero attached hydrogens (tertiary/aromatic N) is 2. The van der Waals surface area contributed by atoms with Crippen molar-refractivity contribution in [2.24, 2.45) is 5.10 Å². The van der Waals surface area contributed by atoms with Crippen LogP contribution in [0.2, 0.25) is 5.02 Å². The number of halogens is 1. The molecule has 0 aliphatic carbocycles. The lowest BCUT2D eigenvalue weighted by molar-refractivity contribution is -0.384. The average Bonchev–Trinajstić information content (AvgIpc) is 2.75. The number of nitrogens with one attached hydrogen (secondary N) is 1. The number of hydrazone groups is 1. The van der Waals surface area contributed by atoms with Crippen molar-refractivity contribution in [2.75, 3.05) is 0 Å². The van der Waals surface area contributed by atoms with Crippen LogP contribution in [-0.2, 0) is 0 Å². The van der Waals surface area contributed by atoms with E-state index in [1.165, 1.54) is 30.5 Å². The summed E-state index contributed by atoms with van der Waals surface area (Å²) in [5.74, 6) is -0.856. The largest absolute Gasteiger partial charge is 0.422 e. The van der Waals surface area contributed by atoms with Gasteiger partial charge in [0.25, 0.3) is 11.6 Å². The number of hydrogen-bond donors (Lipinski definition) is 1. The zero-order valence-corrected chi connectivity index (χ0v) is 16.1. The molecular formula is C21H14ClN3O5. The normalized spacial score (nSPS) is 10.6. The molecule has 150 valence electrons. The maximum atomic E-state index is 12.3. The second-order valence-electron chi connectivity index (χ2n) is 5.94. The van der Waals surface area contributed by atoms with Crippen LogP contribution in [-0.4, -0.2) is 23.0 Å². The van der Waals surface area contributed by atoms with Crippen LogP contribution >= 0.6 is 11.6 Å². The van der Waals surface area contributed by atoms with Crippen molar-refractivity contribution < 1.29 is 19.2 Å². The Morgan fingerprint density at radius 1 is 0.967 bits per heavy atom. The summed E-state index contributed by atoms with van der Waals surface area (Å²) >= 11 is 5.82. The van der Waals surface area contributed by atoms with E-state index in [9.17, 15) is 19.7 Å². The van der Waals surface area contributed by atoms with Crippen molar-refractivity contribution >= 4 is 35.4 Å². The van der Waals surface area contributed by atoms with Crippen LogP contribution in [0.5, 0.6) is 5.75 Å². The van der Waals surface area contributed by atoms with Gasteiger partial charge in [-0.1, -0.05) is 23.7 Å². The second-order valence-corrected chi connectivity index (χ2v) is 6.37. The number of para-hydroxylation sites is 1. The van der Waals surface area contributed by atoms with E-state index in [0.717, 1.165) is 0 Å². The number of nitro groups is 1. The van der Waals surface area contributed by atoms with Gasteiger partial charge in [-0.15, -0.1) is 0 Å². The van der Waals surface area contributed by atoms with Crippen molar-refractivity contribution in [3.63, 3.8) is 0 Å². The lowest BCUT2D eigenvalue weighted by Crippen LogP contribution is -2.17. The monoisotopic (exact) mass is 423 g/mol. The first-order valence-electron chi connectivity index (χ1n) is 8.58. The number of hydrogen-bond acceptors (Lipinski definition) is 6. The van der Waals surface area contributed by atoms with E-state index in [-0.39, 0.29) is 17.0 Å². The number of rotatable bonds is 6. The van der Waals surface area contributed by atoms with Gasteiger partial charge in [0.05, 0.1) is 16.7 Å². The fraction of sp³-hybridized carbons (Fsp3) is 0. The molecule has 3 rings (SSSR count). The van der Waals surface area contributed by atoms with Crippen LogP contribution in [0.3, 0.4) is 0 Å². The van der Waals surface area contributed by atoms with Crippen molar-refractivity contribution in [2.45, 2.75) is 0 Å². The second kappa shape index (κ2) is 9.44. The molecule has 0 aromatic heterocycles. The molecule has 8 nitrogen and oxygen atoms in total. The Hall–Kier alpha value is -4.04. The fourth-order valence-electron chi connectivity index (χ4n) is 2.38. The minimum atomic E-state index is -0.567. The third-order valence-electron chi connectivity index (χ3n) is 3.91. The lowest BCUT2D eigenvalue weighted by atomic mass is 10.2. The van der Waals surface area contributed by atoms with Gasteiger partial charge in [0.15, 0.2) is 0 Å². The van der Waals surface area contributed by atoms with E-state index in [4.69, 9.17) is 16.3 Å². The third-order valence-corrected chi connectivity index (χ3v) is 4.16. The van der Waals surface area contributed by atoms with E-state index in [2.05, 4.69) is 10.5 Å². The van der Waals surface area contributed by atoms with Gasteiger partial charge in [-0.3, -0.25) is 14.9 Å². The Balaban J connectivity index is 1.67. The molecule has 0 unspecified atom stereocenters. The summed E-state index contributed by atoms with van der Waals surface area (Å²) in [7, 11) is 0. The summed E-state index contributed by atoms with van der Waals surface area (Å²) in [5, 5.41) is 15.0. The Morgan fingerprint density at radius 3 is 2.27 bits per heavy atom. The molecule has 3 aromatic rings. The van der Waals surface area contributed by atoms with Crippen LogP contribution in [0.1, 0.15) is 26.3 Å². The first-order valence-corrected chi connectivity index (χ1v) is 8.96. The Kier molecular flexibility index (Phi) is 6.51. The predicted octanol–water partition coefficient (Wildman–Crippen LogP) is 4.23. The standard InChI is InChI=1S/C21H14ClN3O5/c22-17-9-5-15(6-10-17)21(27)30-19-4-2-1-3-16(19)13-23-24-20(26)14-7-11-18(12-8-14)25(28)29/h1-13H,(H,24,26). The molecule has 3 aromatic carbocycles. The highest BCUT2D eigenvalue weighted by Crippen LogP contribution is 2.18. The molecule has 0 spiro atoms. The van der Waals surface area contributed by atoms with Crippen molar-refractivity contribution in [1.82, 2.24) is 5.43 Å². The van der Waals surface area contributed by atoms with Gasteiger partial charge < -0.3 is 4.74 Å². The summed E-state index contributed by atoms with van der Waals surface area (Å²) in [6.07, 6.45) is 1.33. The SMILES string of the molecule is O=C(NN=Cc1ccccc1OC(=O)c1ccc(Cl)cc1)c1ccc([N+](=O)[O-])cc1. The van der Waals surface area contributed by atoms with Crippen molar-refractivity contribution in [3.8, 4) is 5.75 Å². The number of amides is 1. The molecule has 0 bridgehead atoms. The molecule has 0 saturated heterocycles. The summed E-state index contributed by atoms with van der Waals surface area (Å²) in [6.45, 7) is 0. The number of benzene rings is 3. The van der Waals surface area contributed by atoms with Gasteiger partial charge in [0.1, 0.15) is 5.75 Å². The molecule has 0 atom stereocenters. The number of non-ortho nitro benzene ring substituents is 1. The Bertz CT molecular complexity index is 1110. The average molecular weight is 424 g/mol. The molecule has 30 heavy (non-hydrogen) atoms. The number of ether oxygens (including phenoxy) is 1. The van der Waals surface area contributed by atoms with Gasteiger partial charge in [0.2, 0.25) is 0 Å². The quantitative estimate of drug-likeness (QED) is 0.210. The van der Waals surface area contributed by atoms with Gasteiger partial charge in [0, 0.05) is 28.3 Å². The summed E-state index contributed by atoms with van der Waals surface area (Å²) in [6, 6.07) is 18.0. The molecule has 0 aliphatic heterocycles. The molecule has 0 heterocycles. The number of nitro benzene ring substituents is 1. The zero-order valence-electron chi connectivity index (χ0n) is 15.3. The minimum Gasteiger partial charge on any atom is -0.422 e. The summed E-state index contributed by atoms with van der Waals surface area (Å²) < 4.78 is 5.40. The third kappa shape index (κ3) is 5.27. The molecule has 9 heteroatoms. The van der Waals surface area contributed by atoms with Crippen LogP contribution in [0.15, 0.2) is 77.9 Å². The van der Waals surface area contributed by atoms with Crippen LogP contribution in [0.25, 0.3) is 0 Å². The molecule has 0 saturated carbocycles. The Morgan fingerprint density at radius 2 is 1.60 bits per heavy atom. The fourth-order valence-corrected chi connectivity index (χ4v) is 2.51. The van der Waals surface area contributed by atoms with E-state index < -0.39 is 16.8 Å². The van der Waals surface area contributed by atoms with Gasteiger partial charge >= 0.3 is 5.97 Å². The van der Waals surface area contributed by atoms with Gasteiger partial charge in [-0.2, -0.15) is 5.10 Å². The highest BCUT2D eigenvalue weighted by atomic mass is 35.5. The summed E-state index contributed by atoms with van der Waals surface area (Å²) in [4.78, 5) is 34.5. The van der Waals surface area contributed by atoms with Crippen molar-refractivity contribution in [3.05, 3.63) is 105 Å². The number of carbonyl (C=O) groups excluding carboxylic acids is 2. The number of carbonyl (C=O) groups is 2. The van der Waals surface area contributed by atoms with Gasteiger partial charge in [-0.25, -0.2) is 10.2 Å². The van der Waals surface area contributed by atoms with Crippen LogP contribution in [0.4, 0.5) is 5.69 Å². The zero-order chi connectivity index (χ0) is 21.5. The van der Waals surface area contributed by atoms with Crippen molar-refractivity contribution in [1.29, 1.82) is 0 Å². The molecule has 0 fully saturated rings. The topological polar surface area (TPSA) is 111 Å². The highest BCUT2D eigenvalue weighted by Gasteiger charge is 2.11. The van der Waals surface area contributed by atoms with E-state index in [1.54, 1.807) is 48.5 Å². The van der Waals surface area contributed by atoms with Crippen LogP contribution < -0.4 is 10.2 Å². The predicted molar refractivity (Wildman–Crippen MR) is 111 cm³/mol. The van der Waals surface area contributed by atoms with E-state index >= 15 is 0 Å². The maximum Gasteiger partial charge on any atom is 0.343 e. The smallest absolute Gasteiger partial charge is 0.343 e. The lowest BCUT2D eigenvalue weighted by Gasteiger charge is -2.07. The molecule has 1 amide bonds. The first-order chi connectivity index (χ1) is 14.4. The minimum absolute atomic E-state index is 0.119. The van der Waals surface area contributed by atoms with E-state index in [0.29, 0.717) is 16.1 Å². The van der Waals surface area contributed by atoms with Gasteiger partial charge in [-0.05, 0) is 48.5 Å². The van der Waals surface area contributed by atoms with E-state index in [1.807, 2.05) is 0 Å². The molecular weight excluding hydrogens is 410 g/mol. The number of esters is 1. The Labute approximate surface area is 175 Å². The van der Waals surface area contributed by atoms with Crippen LogP contribution in [0, 0.1) is 10.1 Å². The first kappa shape index (κ1) is 20.7. The highest BCUT2D eigenvalue weighted by molar-refractivity contribution is 6.30. The molecule has 0 aliphatic rings. The summed E-state index contributed by atoms with van der Waals surface area (Å²) in [5.41, 5.74) is 3.20. The molecule has 1 N–H and O–H groups in total. The molecule has 0 radical (unpaired) electrons.